The minimum atomic E-state index is -0.990. The van der Waals surface area contributed by atoms with Gasteiger partial charge in [-0.05, 0) is 20.9 Å². The first-order valence-electron chi connectivity index (χ1n) is 5.85. The van der Waals surface area contributed by atoms with E-state index in [1.165, 1.54) is 7.11 Å². The maximum atomic E-state index is 11.2. The van der Waals surface area contributed by atoms with Crippen molar-refractivity contribution in [3.05, 3.63) is 18.0 Å². The van der Waals surface area contributed by atoms with Crippen LogP contribution < -0.4 is 9.47 Å². The molecule has 0 saturated heterocycles. The highest BCUT2D eigenvalue weighted by Crippen LogP contribution is 2.30. The molecule has 1 aromatic rings. The molecule has 0 aliphatic heterocycles. The molecule has 6 nitrogen and oxygen atoms in total. The maximum Gasteiger partial charge on any atom is 0.323 e. The lowest BCUT2D eigenvalue weighted by molar-refractivity contribution is -0.148. The molecule has 1 heterocycles. The summed E-state index contributed by atoms with van der Waals surface area (Å²) in [6, 6.07) is 1.70. The van der Waals surface area contributed by atoms with Gasteiger partial charge in [-0.2, -0.15) is 0 Å². The second kappa shape index (κ2) is 5.88. The second-order valence-corrected chi connectivity index (χ2v) is 4.71. The number of hydrogen-bond donors (Lipinski definition) is 1. The first kappa shape index (κ1) is 15.2. The van der Waals surface area contributed by atoms with Gasteiger partial charge < -0.3 is 14.6 Å². The van der Waals surface area contributed by atoms with Crippen molar-refractivity contribution in [2.24, 2.45) is 0 Å². The smallest absolute Gasteiger partial charge is 0.323 e. The van der Waals surface area contributed by atoms with Crippen LogP contribution in [0.15, 0.2) is 12.3 Å². The molecule has 0 aliphatic rings. The van der Waals surface area contributed by atoms with Gasteiger partial charge in [0.2, 0.25) is 0 Å². The highest BCUT2D eigenvalue weighted by atomic mass is 16.5. The number of hydrogen-bond acceptors (Lipinski definition) is 5. The van der Waals surface area contributed by atoms with Crippen LogP contribution in [0.4, 0.5) is 0 Å². The van der Waals surface area contributed by atoms with Crippen LogP contribution in [0, 0.1) is 0 Å². The lowest BCUT2D eigenvalue weighted by Crippen LogP contribution is -2.47. The Morgan fingerprint density at radius 1 is 1.42 bits per heavy atom. The van der Waals surface area contributed by atoms with Crippen LogP contribution in [0.2, 0.25) is 0 Å². The van der Waals surface area contributed by atoms with E-state index in [1.807, 2.05) is 0 Å². The lowest BCUT2D eigenvalue weighted by atomic mass is 10.0. The SMILES string of the molecule is COc1ccnc(CN(C)C(C)(C)C(=O)O)c1OC. The molecule has 106 valence electrons. The molecule has 0 radical (unpaired) electrons. The Balaban J connectivity index is 3.03. The van der Waals surface area contributed by atoms with Gasteiger partial charge in [0.25, 0.3) is 0 Å². The summed E-state index contributed by atoms with van der Waals surface area (Å²) in [6.07, 6.45) is 1.61. The van der Waals surface area contributed by atoms with Crippen LogP contribution in [0.5, 0.6) is 11.5 Å². The predicted molar refractivity (Wildman–Crippen MR) is 70.5 cm³/mol. The van der Waals surface area contributed by atoms with Crippen LogP contribution in [0.3, 0.4) is 0 Å². The quantitative estimate of drug-likeness (QED) is 0.840. The first-order valence-corrected chi connectivity index (χ1v) is 5.85. The summed E-state index contributed by atoms with van der Waals surface area (Å²) in [5, 5.41) is 9.20. The highest BCUT2D eigenvalue weighted by molar-refractivity contribution is 5.77. The van der Waals surface area contributed by atoms with E-state index in [4.69, 9.17) is 9.47 Å². The molecule has 0 unspecified atom stereocenters. The number of rotatable bonds is 6. The summed E-state index contributed by atoms with van der Waals surface area (Å²) < 4.78 is 10.5. The fourth-order valence-electron chi connectivity index (χ4n) is 1.55. The van der Waals surface area contributed by atoms with Gasteiger partial charge in [0.05, 0.1) is 14.2 Å². The van der Waals surface area contributed by atoms with Crippen molar-refractivity contribution in [3.8, 4) is 11.5 Å². The summed E-state index contributed by atoms with van der Waals surface area (Å²) >= 11 is 0. The summed E-state index contributed by atoms with van der Waals surface area (Å²) in [7, 11) is 4.81. The average Bonchev–Trinajstić information content (AvgIpc) is 2.37. The Bertz CT molecular complexity index is 460. The van der Waals surface area contributed by atoms with E-state index < -0.39 is 11.5 Å². The van der Waals surface area contributed by atoms with Gasteiger partial charge in [0, 0.05) is 18.8 Å². The Morgan fingerprint density at radius 2 is 2.05 bits per heavy atom. The van der Waals surface area contributed by atoms with Crippen LogP contribution in [0.25, 0.3) is 0 Å². The molecule has 0 bridgehead atoms. The molecule has 0 saturated carbocycles. The Hall–Kier alpha value is -1.82. The van der Waals surface area contributed by atoms with Crippen molar-refractivity contribution in [1.82, 2.24) is 9.88 Å². The van der Waals surface area contributed by atoms with Gasteiger partial charge >= 0.3 is 5.97 Å². The summed E-state index contributed by atoms with van der Waals surface area (Å²) in [5.41, 5.74) is -0.353. The number of likely N-dealkylation sites (N-methyl/N-ethyl adjacent to an activating group) is 1. The molecule has 1 aromatic heterocycles. The zero-order valence-corrected chi connectivity index (χ0v) is 11.9. The number of nitrogens with zero attached hydrogens (tertiary/aromatic N) is 2. The topological polar surface area (TPSA) is 71.9 Å². The van der Waals surface area contributed by atoms with Crippen molar-refractivity contribution >= 4 is 5.97 Å². The fraction of sp³-hybridized carbons (Fsp3) is 0.538. The second-order valence-electron chi connectivity index (χ2n) is 4.71. The molecular formula is C13H20N2O4. The Labute approximate surface area is 113 Å². The summed E-state index contributed by atoms with van der Waals surface area (Å²) in [5.74, 6) is 0.212. The molecule has 0 atom stereocenters. The van der Waals surface area contributed by atoms with E-state index in [0.29, 0.717) is 23.7 Å². The normalized spacial score (nSPS) is 11.5. The molecule has 0 spiro atoms. The van der Waals surface area contributed by atoms with Gasteiger partial charge in [-0.1, -0.05) is 0 Å². The highest BCUT2D eigenvalue weighted by Gasteiger charge is 2.32. The third kappa shape index (κ3) is 3.14. The van der Waals surface area contributed by atoms with Crippen molar-refractivity contribution in [1.29, 1.82) is 0 Å². The van der Waals surface area contributed by atoms with Crippen LogP contribution in [-0.2, 0) is 11.3 Å². The number of pyridine rings is 1. The molecule has 6 heteroatoms. The Morgan fingerprint density at radius 3 is 2.53 bits per heavy atom. The van der Waals surface area contributed by atoms with Crippen molar-refractivity contribution < 1.29 is 19.4 Å². The monoisotopic (exact) mass is 268 g/mol. The van der Waals surface area contributed by atoms with Gasteiger partial charge in [0.1, 0.15) is 11.2 Å². The van der Waals surface area contributed by atoms with Crippen LogP contribution in [-0.4, -0.2) is 47.8 Å². The minimum Gasteiger partial charge on any atom is -0.493 e. The molecule has 1 N–H and O–H groups in total. The summed E-state index contributed by atoms with van der Waals surface area (Å²) in [4.78, 5) is 17.1. The number of aliphatic carboxylic acids is 1. The number of aromatic nitrogens is 1. The summed E-state index contributed by atoms with van der Waals surface area (Å²) in [6.45, 7) is 3.63. The number of methoxy groups -OCH3 is 2. The minimum absolute atomic E-state index is 0.347. The molecule has 19 heavy (non-hydrogen) atoms. The van der Waals surface area contributed by atoms with Crippen molar-refractivity contribution in [2.45, 2.75) is 25.9 Å². The maximum absolute atomic E-state index is 11.2. The fourth-order valence-corrected chi connectivity index (χ4v) is 1.55. The van der Waals surface area contributed by atoms with Crippen molar-refractivity contribution in [3.63, 3.8) is 0 Å². The number of carbonyl (C=O) groups is 1. The van der Waals surface area contributed by atoms with Gasteiger partial charge in [-0.15, -0.1) is 0 Å². The third-order valence-corrected chi connectivity index (χ3v) is 3.23. The van der Waals surface area contributed by atoms with Crippen LogP contribution >= 0.6 is 0 Å². The standard InChI is InChI=1S/C13H20N2O4/c1-13(2,12(16)17)15(3)8-9-11(19-5)10(18-4)6-7-14-9/h6-7H,8H2,1-5H3,(H,16,17). The van der Waals surface area contributed by atoms with Gasteiger partial charge in [0.15, 0.2) is 11.5 Å². The Kier molecular flexibility index (Phi) is 4.72. The molecule has 1 rings (SSSR count). The van der Waals surface area contributed by atoms with E-state index >= 15 is 0 Å². The molecule has 0 aromatic carbocycles. The largest absolute Gasteiger partial charge is 0.493 e. The number of carboxylic acids is 1. The van der Waals surface area contributed by atoms with Gasteiger partial charge in [-0.3, -0.25) is 14.7 Å². The number of carboxylic acid groups (broad SMARTS) is 1. The third-order valence-electron chi connectivity index (χ3n) is 3.23. The molecular weight excluding hydrogens is 248 g/mol. The molecule has 0 aliphatic carbocycles. The first-order chi connectivity index (χ1) is 8.84. The van der Waals surface area contributed by atoms with E-state index in [-0.39, 0.29) is 0 Å². The average molecular weight is 268 g/mol. The zero-order valence-electron chi connectivity index (χ0n) is 11.9. The predicted octanol–water partition coefficient (Wildman–Crippen LogP) is 1.39. The van der Waals surface area contributed by atoms with Crippen LogP contribution in [0.1, 0.15) is 19.5 Å². The molecule has 0 fully saturated rings. The molecule has 0 amide bonds. The van der Waals surface area contributed by atoms with Crippen molar-refractivity contribution in [2.75, 3.05) is 21.3 Å². The van der Waals surface area contributed by atoms with Gasteiger partial charge in [-0.25, -0.2) is 0 Å². The number of ether oxygens (including phenoxy) is 2. The van der Waals surface area contributed by atoms with E-state index in [0.717, 1.165) is 0 Å². The van der Waals surface area contributed by atoms with E-state index in [9.17, 15) is 9.90 Å². The van der Waals surface area contributed by atoms with E-state index in [2.05, 4.69) is 4.98 Å². The van der Waals surface area contributed by atoms with E-state index in [1.54, 1.807) is 45.2 Å². The zero-order chi connectivity index (χ0) is 14.6. The lowest BCUT2D eigenvalue weighted by Gasteiger charge is -2.31.